The van der Waals surface area contributed by atoms with Crippen LogP contribution in [0.2, 0.25) is 0 Å². The molecule has 0 N–H and O–H groups in total. The zero-order chi connectivity index (χ0) is 17.4. The van der Waals surface area contributed by atoms with Crippen LogP contribution in [0.25, 0.3) is 10.9 Å². The molecule has 0 aliphatic carbocycles. The van der Waals surface area contributed by atoms with Gasteiger partial charge in [0.05, 0.1) is 23.7 Å². The first kappa shape index (κ1) is 15.8. The van der Waals surface area contributed by atoms with Gasteiger partial charge in [-0.25, -0.2) is 0 Å². The number of rotatable bonds is 3. The molecule has 0 bridgehead atoms. The molecule has 1 aromatic carbocycles. The number of likely N-dealkylation sites (tertiary alicyclic amines) is 1. The van der Waals surface area contributed by atoms with Crippen LogP contribution in [0, 0.1) is 6.92 Å². The molecular formula is C20H22N4O. The molecule has 3 aromatic rings. The van der Waals surface area contributed by atoms with E-state index in [0.29, 0.717) is 6.42 Å². The number of aromatic nitrogens is 3. The molecule has 2 aromatic heterocycles. The number of fused-ring (bicyclic) bond motifs is 1. The van der Waals surface area contributed by atoms with E-state index in [0.717, 1.165) is 41.5 Å². The van der Waals surface area contributed by atoms with E-state index in [2.05, 4.69) is 16.1 Å². The molecule has 0 spiro atoms. The average Bonchev–Trinajstić information content (AvgIpc) is 3.20. The topological polar surface area (TPSA) is 51.0 Å². The van der Waals surface area contributed by atoms with Gasteiger partial charge < -0.3 is 4.90 Å². The molecule has 25 heavy (non-hydrogen) atoms. The van der Waals surface area contributed by atoms with Crippen molar-refractivity contribution >= 4 is 16.8 Å². The van der Waals surface area contributed by atoms with E-state index in [1.54, 1.807) is 0 Å². The maximum Gasteiger partial charge on any atom is 0.227 e. The van der Waals surface area contributed by atoms with Crippen molar-refractivity contribution in [1.82, 2.24) is 19.7 Å². The maximum absolute atomic E-state index is 12.9. The lowest BCUT2D eigenvalue weighted by Crippen LogP contribution is -2.32. The first-order valence-corrected chi connectivity index (χ1v) is 8.75. The van der Waals surface area contributed by atoms with Gasteiger partial charge in [-0.2, -0.15) is 5.10 Å². The lowest BCUT2D eigenvalue weighted by atomic mass is 10.0. The fourth-order valence-corrected chi connectivity index (χ4v) is 3.82. The third-order valence-corrected chi connectivity index (χ3v) is 4.99. The number of hydrogen-bond donors (Lipinski definition) is 0. The van der Waals surface area contributed by atoms with Gasteiger partial charge in [0.15, 0.2) is 0 Å². The van der Waals surface area contributed by atoms with Crippen molar-refractivity contribution in [1.29, 1.82) is 0 Å². The van der Waals surface area contributed by atoms with Crippen molar-refractivity contribution < 1.29 is 4.79 Å². The number of pyridine rings is 1. The number of carbonyl (C=O) groups excluding carboxylic acids is 1. The number of amides is 1. The fraction of sp³-hybridized carbons (Fsp3) is 0.350. The van der Waals surface area contributed by atoms with Crippen molar-refractivity contribution in [3.8, 4) is 0 Å². The summed E-state index contributed by atoms with van der Waals surface area (Å²) >= 11 is 0. The lowest BCUT2D eigenvalue weighted by Gasteiger charge is -2.24. The van der Waals surface area contributed by atoms with Crippen molar-refractivity contribution in [2.75, 3.05) is 6.54 Å². The number of carbonyl (C=O) groups is 1. The molecule has 1 unspecified atom stereocenters. The first-order chi connectivity index (χ1) is 12.1. The summed E-state index contributed by atoms with van der Waals surface area (Å²) in [5, 5.41) is 5.51. The molecule has 1 amide bonds. The van der Waals surface area contributed by atoms with Crippen LogP contribution in [0.1, 0.15) is 35.7 Å². The molecular weight excluding hydrogens is 312 g/mol. The molecule has 1 atom stereocenters. The Morgan fingerprint density at radius 1 is 1.32 bits per heavy atom. The maximum atomic E-state index is 12.9. The highest BCUT2D eigenvalue weighted by atomic mass is 16.2. The highest BCUT2D eigenvalue weighted by Gasteiger charge is 2.31. The first-order valence-electron chi connectivity index (χ1n) is 8.75. The summed E-state index contributed by atoms with van der Waals surface area (Å²) in [6.07, 6.45) is 6.31. The molecule has 1 aliphatic heterocycles. The van der Waals surface area contributed by atoms with Crippen LogP contribution in [-0.2, 0) is 18.3 Å². The molecule has 5 nitrogen and oxygen atoms in total. The Labute approximate surface area is 147 Å². The second kappa shape index (κ2) is 6.31. The quantitative estimate of drug-likeness (QED) is 0.739. The summed E-state index contributed by atoms with van der Waals surface area (Å²) in [4.78, 5) is 19.4. The summed E-state index contributed by atoms with van der Waals surface area (Å²) in [5.41, 5.74) is 4.12. The summed E-state index contributed by atoms with van der Waals surface area (Å²) in [7, 11) is 1.93. The van der Waals surface area contributed by atoms with E-state index in [9.17, 15) is 4.79 Å². The third-order valence-electron chi connectivity index (χ3n) is 4.99. The largest absolute Gasteiger partial charge is 0.335 e. The summed E-state index contributed by atoms with van der Waals surface area (Å²) in [5.74, 6) is 0.169. The predicted octanol–water partition coefficient (Wildman–Crippen LogP) is 3.18. The van der Waals surface area contributed by atoms with Crippen LogP contribution in [0.5, 0.6) is 0 Å². The summed E-state index contributed by atoms with van der Waals surface area (Å²) in [6.45, 7) is 2.84. The Bertz CT molecular complexity index is 930. The number of nitrogens with zero attached hydrogens (tertiary/aromatic N) is 4. The predicted molar refractivity (Wildman–Crippen MR) is 97.1 cm³/mol. The average molecular weight is 334 g/mol. The third kappa shape index (κ3) is 3.02. The van der Waals surface area contributed by atoms with Crippen molar-refractivity contribution in [3.05, 3.63) is 59.5 Å². The van der Waals surface area contributed by atoms with Gasteiger partial charge in [0, 0.05) is 36.9 Å². The van der Waals surface area contributed by atoms with Crippen LogP contribution in [-0.4, -0.2) is 32.1 Å². The Balaban J connectivity index is 1.55. The molecule has 128 valence electrons. The molecule has 0 saturated carbocycles. The monoisotopic (exact) mass is 334 g/mol. The van der Waals surface area contributed by atoms with E-state index in [-0.39, 0.29) is 11.9 Å². The van der Waals surface area contributed by atoms with Gasteiger partial charge in [-0.05, 0) is 37.5 Å². The van der Waals surface area contributed by atoms with Crippen molar-refractivity contribution in [2.45, 2.75) is 32.2 Å². The fourth-order valence-electron chi connectivity index (χ4n) is 3.82. The molecule has 1 aliphatic rings. The van der Waals surface area contributed by atoms with Gasteiger partial charge in [-0.15, -0.1) is 0 Å². The van der Waals surface area contributed by atoms with Crippen LogP contribution in [0.4, 0.5) is 0 Å². The molecule has 1 fully saturated rings. The van der Waals surface area contributed by atoms with E-state index in [1.807, 2.05) is 60.2 Å². The van der Waals surface area contributed by atoms with Crippen LogP contribution in [0.3, 0.4) is 0 Å². The summed E-state index contributed by atoms with van der Waals surface area (Å²) in [6, 6.07) is 10.2. The number of para-hydroxylation sites is 1. The van der Waals surface area contributed by atoms with Gasteiger partial charge in [0.1, 0.15) is 0 Å². The van der Waals surface area contributed by atoms with Crippen LogP contribution in [0.15, 0.2) is 42.7 Å². The van der Waals surface area contributed by atoms with Gasteiger partial charge in [0.25, 0.3) is 0 Å². The minimum absolute atomic E-state index is 0.148. The zero-order valence-electron chi connectivity index (χ0n) is 14.6. The SMILES string of the molecule is Cc1nn(C)cc1C1CCCN1C(=O)Cc1cnc2ccccc2c1. The number of hydrogen-bond acceptors (Lipinski definition) is 3. The Morgan fingerprint density at radius 2 is 2.16 bits per heavy atom. The van der Waals surface area contributed by atoms with Crippen LogP contribution >= 0.6 is 0 Å². The lowest BCUT2D eigenvalue weighted by molar-refractivity contribution is -0.131. The van der Waals surface area contributed by atoms with E-state index in [1.165, 1.54) is 5.56 Å². The highest BCUT2D eigenvalue weighted by Crippen LogP contribution is 2.33. The van der Waals surface area contributed by atoms with Crippen molar-refractivity contribution in [3.63, 3.8) is 0 Å². The van der Waals surface area contributed by atoms with E-state index >= 15 is 0 Å². The number of aryl methyl sites for hydroxylation is 2. The van der Waals surface area contributed by atoms with E-state index in [4.69, 9.17) is 0 Å². The second-order valence-corrected chi connectivity index (χ2v) is 6.80. The number of benzene rings is 1. The minimum Gasteiger partial charge on any atom is -0.335 e. The van der Waals surface area contributed by atoms with Gasteiger partial charge in [-0.1, -0.05) is 18.2 Å². The van der Waals surface area contributed by atoms with Gasteiger partial charge in [0.2, 0.25) is 5.91 Å². The molecule has 1 saturated heterocycles. The second-order valence-electron chi connectivity index (χ2n) is 6.80. The smallest absolute Gasteiger partial charge is 0.227 e. The Morgan fingerprint density at radius 3 is 2.96 bits per heavy atom. The Hall–Kier alpha value is -2.69. The Kier molecular flexibility index (Phi) is 3.99. The van der Waals surface area contributed by atoms with Crippen molar-refractivity contribution in [2.24, 2.45) is 7.05 Å². The van der Waals surface area contributed by atoms with Gasteiger partial charge >= 0.3 is 0 Å². The normalized spacial score (nSPS) is 17.4. The minimum atomic E-state index is 0.148. The molecule has 3 heterocycles. The zero-order valence-corrected chi connectivity index (χ0v) is 14.6. The summed E-state index contributed by atoms with van der Waals surface area (Å²) < 4.78 is 1.83. The molecule has 5 heteroatoms. The highest BCUT2D eigenvalue weighted by molar-refractivity contribution is 5.83. The van der Waals surface area contributed by atoms with E-state index < -0.39 is 0 Å². The van der Waals surface area contributed by atoms with Crippen LogP contribution < -0.4 is 0 Å². The standard InChI is InChI=1S/C20H22N4O/c1-14-17(13-23(2)22-14)19-8-5-9-24(19)20(25)11-15-10-16-6-3-4-7-18(16)21-12-15/h3-4,6-7,10,12-13,19H,5,8-9,11H2,1-2H3. The van der Waals surface area contributed by atoms with Gasteiger partial charge in [-0.3, -0.25) is 14.5 Å². The molecule has 0 radical (unpaired) electrons. The molecule has 4 rings (SSSR count).